The third-order valence-corrected chi connectivity index (χ3v) is 7.51. The van der Waals surface area contributed by atoms with Gasteiger partial charge in [-0.25, -0.2) is 9.18 Å². The fraction of sp³-hybridized carbons (Fsp3) is 0.583. The summed E-state index contributed by atoms with van der Waals surface area (Å²) in [5.74, 6) is 7.48. The molecule has 3 heterocycles. The molecule has 4 aliphatic rings. The van der Waals surface area contributed by atoms with Gasteiger partial charge in [-0.15, -0.1) is 5.92 Å². The molecule has 2 amide bonds. The number of hydrogen-bond acceptors (Lipinski definition) is 3. The molecule has 3 fully saturated rings. The molecule has 4 atom stereocenters. The zero-order chi connectivity index (χ0) is 20.9. The van der Waals surface area contributed by atoms with Gasteiger partial charge < -0.3 is 4.90 Å². The lowest BCUT2D eigenvalue weighted by atomic mass is 9.80. The average molecular weight is 409 g/mol. The van der Waals surface area contributed by atoms with E-state index in [1.165, 1.54) is 31.4 Å². The molecule has 1 aromatic carbocycles. The molecule has 5 nitrogen and oxygen atoms in total. The number of urea groups is 1. The van der Waals surface area contributed by atoms with Crippen molar-refractivity contribution in [1.82, 2.24) is 9.80 Å². The van der Waals surface area contributed by atoms with E-state index in [1.54, 1.807) is 11.0 Å². The Kier molecular flexibility index (Phi) is 4.82. The van der Waals surface area contributed by atoms with Crippen LogP contribution in [0.25, 0.3) is 0 Å². The summed E-state index contributed by atoms with van der Waals surface area (Å²) in [5, 5.41) is 0. The molecular formula is C24H29FN4O. The topological polar surface area (TPSA) is 39.1 Å². The number of carbonyl (C=O) groups excluding carboxylic acids is 1. The van der Waals surface area contributed by atoms with Crippen LogP contribution in [-0.2, 0) is 0 Å². The zero-order valence-electron chi connectivity index (χ0n) is 17.8. The van der Waals surface area contributed by atoms with Crippen LogP contribution in [0.2, 0.25) is 0 Å². The summed E-state index contributed by atoms with van der Waals surface area (Å²) in [4.78, 5) is 24.5. The van der Waals surface area contributed by atoms with E-state index < -0.39 is 5.54 Å². The van der Waals surface area contributed by atoms with E-state index in [-0.39, 0.29) is 17.9 Å². The van der Waals surface area contributed by atoms with Gasteiger partial charge in [-0.3, -0.25) is 9.80 Å². The normalized spacial score (nSPS) is 33.2. The van der Waals surface area contributed by atoms with Crippen LogP contribution in [0.1, 0.15) is 46.0 Å². The van der Waals surface area contributed by atoms with Crippen LogP contribution >= 0.6 is 0 Å². The summed E-state index contributed by atoms with van der Waals surface area (Å²) in [6, 6.07) is 6.89. The van der Waals surface area contributed by atoms with Gasteiger partial charge in [0, 0.05) is 30.9 Å². The Labute approximate surface area is 177 Å². The minimum Gasteiger partial charge on any atom is -0.355 e. The lowest BCUT2D eigenvalue weighted by Crippen LogP contribution is -2.64. The number of rotatable bonds is 2. The van der Waals surface area contributed by atoms with Crippen molar-refractivity contribution >= 4 is 17.6 Å². The summed E-state index contributed by atoms with van der Waals surface area (Å²) in [5.41, 5.74) is 0.0994. The summed E-state index contributed by atoms with van der Waals surface area (Å²) in [6.07, 6.45) is 5.24. The molecule has 30 heavy (non-hydrogen) atoms. The van der Waals surface area contributed by atoms with Crippen LogP contribution in [0.15, 0.2) is 29.3 Å². The van der Waals surface area contributed by atoms with Gasteiger partial charge >= 0.3 is 6.03 Å². The molecular weight excluding hydrogens is 379 g/mol. The second kappa shape index (κ2) is 7.39. The van der Waals surface area contributed by atoms with Crippen LogP contribution in [0.3, 0.4) is 0 Å². The fourth-order valence-corrected chi connectivity index (χ4v) is 6.11. The van der Waals surface area contributed by atoms with Gasteiger partial charge in [-0.2, -0.15) is 4.99 Å². The van der Waals surface area contributed by atoms with E-state index in [4.69, 9.17) is 0 Å². The number of carbonyl (C=O) groups is 1. The highest BCUT2D eigenvalue weighted by Gasteiger charge is 2.57. The lowest BCUT2D eigenvalue weighted by Gasteiger charge is -2.50. The largest absolute Gasteiger partial charge is 0.355 e. The Hall–Kier alpha value is -2.39. The molecule has 158 valence electrons. The van der Waals surface area contributed by atoms with Crippen molar-refractivity contribution in [2.24, 2.45) is 10.9 Å². The molecule has 1 spiro atoms. The quantitative estimate of drug-likeness (QED) is 0.697. The Morgan fingerprint density at radius 1 is 1.33 bits per heavy atom. The number of halogens is 1. The molecule has 6 heteroatoms. The number of aliphatic imine (C=N–C) groups is 1. The van der Waals surface area contributed by atoms with Gasteiger partial charge in [0.25, 0.3) is 0 Å². The Balaban J connectivity index is 1.53. The Bertz CT molecular complexity index is 950. The van der Waals surface area contributed by atoms with E-state index in [0.717, 1.165) is 38.3 Å². The van der Waals surface area contributed by atoms with Gasteiger partial charge in [0.1, 0.15) is 17.2 Å². The molecule has 2 unspecified atom stereocenters. The summed E-state index contributed by atoms with van der Waals surface area (Å²) >= 11 is 0. The summed E-state index contributed by atoms with van der Waals surface area (Å²) in [6.45, 7) is 6.65. The van der Waals surface area contributed by atoms with Crippen LogP contribution in [0.5, 0.6) is 0 Å². The number of piperidine rings is 2. The van der Waals surface area contributed by atoms with Crippen molar-refractivity contribution < 1.29 is 9.18 Å². The predicted octanol–water partition coefficient (Wildman–Crippen LogP) is 3.89. The Morgan fingerprint density at radius 3 is 2.87 bits per heavy atom. The monoisotopic (exact) mass is 408 g/mol. The molecule has 0 aromatic heterocycles. The number of likely N-dealkylation sites (tertiary alicyclic amines) is 2. The minimum absolute atomic E-state index is 0.256. The number of benzene rings is 1. The number of nitrogens with zero attached hydrogens (tertiary/aromatic N) is 4. The maximum Gasteiger partial charge on any atom is 0.350 e. The van der Waals surface area contributed by atoms with Crippen LogP contribution in [0, 0.1) is 23.6 Å². The molecule has 2 bridgehead atoms. The number of amides is 2. The van der Waals surface area contributed by atoms with Gasteiger partial charge in [0.05, 0.1) is 6.54 Å². The van der Waals surface area contributed by atoms with E-state index in [0.29, 0.717) is 17.6 Å². The molecule has 1 aliphatic carbocycles. The first-order valence-electron chi connectivity index (χ1n) is 11.1. The van der Waals surface area contributed by atoms with E-state index in [2.05, 4.69) is 33.6 Å². The first kappa shape index (κ1) is 19.6. The maximum atomic E-state index is 14.1. The number of hydrogen-bond donors (Lipinski definition) is 0. The predicted molar refractivity (Wildman–Crippen MR) is 116 cm³/mol. The van der Waals surface area contributed by atoms with Gasteiger partial charge in [0.2, 0.25) is 0 Å². The van der Waals surface area contributed by atoms with Crippen LogP contribution < -0.4 is 4.90 Å². The molecule has 3 aliphatic heterocycles. The van der Waals surface area contributed by atoms with Crippen molar-refractivity contribution in [2.75, 3.05) is 24.5 Å². The molecule has 0 N–H and O–H groups in total. The molecule has 1 aromatic rings. The van der Waals surface area contributed by atoms with E-state index in [1.807, 2.05) is 13.0 Å². The smallest absolute Gasteiger partial charge is 0.350 e. The first-order valence-corrected chi connectivity index (χ1v) is 11.1. The number of amidine groups is 1. The van der Waals surface area contributed by atoms with Crippen LogP contribution in [0.4, 0.5) is 14.9 Å². The van der Waals surface area contributed by atoms with Crippen LogP contribution in [-0.4, -0.2) is 58.9 Å². The van der Waals surface area contributed by atoms with Crippen molar-refractivity contribution in [3.05, 3.63) is 30.1 Å². The average Bonchev–Trinajstić information content (AvgIpc) is 3.41. The van der Waals surface area contributed by atoms with Crippen molar-refractivity contribution in [3.63, 3.8) is 0 Å². The maximum absolute atomic E-state index is 14.1. The minimum atomic E-state index is -0.509. The highest BCUT2D eigenvalue weighted by atomic mass is 19.1. The highest BCUT2D eigenvalue weighted by Crippen LogP contribution is 2.46. The third kappa shape index (κ3) is 3.02. The fourth-order valence-electron chi connectivity index (χ4n) is 6.11. The zero-order valence-corrected chi connectivity index (χ0v) is 17.8. The van der Waals surface area contributed by atoms with Crippen molar-refractivity contribution in [1.29, 1.82) is 0 Å². The van der Waals surface area contributed by atoms with Crippen molar-refractivity contribution in [2.45, 2.75) is 63.6 Å². The second-order valence-corrected chi connectivity index (χ2v) is 9.25. The SMILES string of the molecule is CC#CCN1CCC2(CC1C)C(N1C[C@@H]3CC[C@@H]1C3)=NC(=O)N2c1cccc(F)c1. The Morgan fingerprint density at radius 2 is 2.20 bits per heavy atom. The number of fused-ring (bicyclic) bond motifs is 2. The van der Waals surface area contributed by atoms with E-state index in [9.17, 15) is 9.18 Å². The standard InChI is InChI=1S/C24H29FN4O/c1-3-4-11-27-12-10-24(15-17(27)2)22(28-16-18-8-9-20(28)13-18)26-23(30)29(24)21-7-5-6-19(25)14-21/h5-7,14,17-18,20H,8-13,15-16H2,1-2H3/t17?,18-,20-,24?/m1/s1. The first-order chi connectivity index (χ1) is 14.5. The van der Waals surface area contributed by atoms with Gasteiger partial charge in [-0.1, -0.05) is 12.0 Å². The van der Waals surface area contributed by atoms with Gasteiger partial charge in [0.15, 0.2) is 0 Å². The van der Waals surface area contributed by atoms with Gasteiger partial charge in [-0.05, 0) is 70.1 Å². The molecule has 0 radical (unpaired) electrons. The summed E-state index contributed by atoms with van der Waals surface area (Å²) in [7, 11) is 0. The molecule has 1 saturated carbocycles. The lowest BCUT2D eigenvalue weighted by molar-refractivity contribution is 0.139. The highest BCUT2D eigenvalue weighted by molar-refractivity contribution is 6.16. The number of anilines is 1. The van der Waals surface area contributed by atoms with E-state index >= 15 is 0 Å². The molecule has 5 rings (SSSR count). The second-order valence-electron chi connectivity index (χ2n) is 9.25. The van der Waals surface area contributed by atoms with Crippen molar-refractivity contribution in [3.8, 4) is 11.8 Å². The third-order valence-electron chi connectivity index (χ3n) is 7.51. The summed E-state index contributed by atoms with van der Waals surface area (Å²) < 4.78 is 14.1. The molecule has 2 saturated heterocycles.